The molecule has 1 saturated heterocycles. The van der Waals surface area contributed by atoms with E-state index in [2.05, 4.69) is 14.7 Å². The highest BCUT2D eigenvalue weighted by Crippen LogP contribution is 2.31. The zero-order valence-corrected chi connectivity index (χ0v) is 16.7. The van der Waals surface area contributed by atoms with Gasteiger partial charge in [-0.3, -0.25) is 9.58 Å². The monoisotopic (exact) mass is 418 g/mol. The first-order valence-corrected chi connectivity index (χ1v) is 10.5. The van der Waals surface area contributed by atoms with Gasteiger partial charge in [0.25, 0.3) is 0 Å². The quantitative estimate of drug-likeness (QED) is 0.617. The summed E-state index contributed by atoms with van der Waals surface area (Å²) in [5.41, 5.74) is 3.27. The first-order chi connectivity index (χ1) is 14.5. The number of piperidine rings is 1. The Morgan fingerprint density at radius 1 is 1.10 bits per heavy atom. The van der Waals surface area contributed by atoms with E-state index in [0.29, 0.717) is 11.3 Å². The van der Waals surface area contributed by atoms with Crippen LogP contribution < -0.4 is 4.74 Å². The molecule has 4 heterocycles. The van der Waals surface area contributed by atoms with Gasteiger partial charge in [-0.1, -0.05) is 6.07 Å². The number of hydrogen-bond donors (Lipinski definition) is 0. The van der Waals surface area contributed by atoms with Gasteiger partial charge in [0, 0.05) is 49.0 Å². The Bertz CT molecular complexity index is 1030. The Labute approximate surface area is 173 Å². The maximum atomic E-state index is 12.8. The van der Waals surface area contributed by atoms with E-state index >= 15 is 0 Å². The third-order valence-corrected chi connectivity index (χ3v) is 6.16. The van der Waals surface area contributed by atoms with Gasteiger partial charge in [-0.05, 0) is 43.9 Å². The largest absolute Gasteiger partial charge is 0.490 e. The lowest BCUT2D eigenvalue weighted by atomic mass is 10.1. The van der Waals surface area contributed by atoms with Crippen LogP contribution in [-0.2, 0) is 26.1 Å². The van der Waals surface area contributed by atoms with Crippen molar-refractivity contribution < 1.29 is 17.9 Å². The van der Waals surface area contributed by atoms with Crippen molar-refractivity contribution in [2.75, 3.05) is 13.1 Å². The first kappa shape index (κ1) is 19.5. The highest BCUT2D eigenvalue weighted by Gasteiger charge is 2.29. The molecule has 0 aliphatic carbocycles. The van der Waals surface area contributed by atoms with Crippen LogP contribution in [0.3, 0.4) is 0 Å². The second-order valence-electron chi connectivity index (χ2n) is 8.28. The molecule has 0 amide bonds. The molecule has 5 nitrogen and oxygen atoms in total. The molecule has 0 bridgehead atoms. The molecule has 2 aromatic heterocycles. The van der Waals surface area contributed by atoms with Crippen molar-refractivity contribution in [3.63, 3.8) is 0 Å². The third kappa shape index (κ3) is 3.93. The number of nitrogens with zero attached hydrogens (tertiary/aromatic N) is 4. The van der Waals surface area contributed by atoms with E-state index in [0.717, 1.165) is 50.8 Å². The predicted molar refractivity (Wildman–Crippen MR) is 107 cm³/mol. The van der Waals surface area contributed by atoms with E-state index in [1.807, 2.05) is 12.3 Å². The second kappa shape index (κ2) is 7.65. The summed E-state index contributed by atoms with van der Waals surface area (Å²) >= 11 is 0. The van der Waals surface area contributed by atoms with Crippen molar-refractivity contribution in [1.29, 1.82) is 0 Å². The highest BCUT2D eigenvalue weighted by molar-refractivity contribution is 5.86. The van der Waals surface area contributed by atoms with Gasteiger partial charge < -0.3 is 9.30 Å². The van der Waals surface area contributed by atoms with Crippen molar-refractivity contribution in [3.8, 4) is 5.75 Å². The molecule has 8 heteroatoms. The minimum absolute atomic E-state index is 0.0793. The zero-order chi connectivity index (χ0) is 20.7. The summed E-state index contributed by atoms with van der Waals surface area (Å²) in [6, 6.07) is 7.04. The van der Waals surface area contributed by atoms with Crippen LogP contribution in [0, 0.1) is 0 Å². The maximum absolute atomic E-state index is 12.8. The van der Waals surface area contributed by atoms with E-state index in [1.165, 1.54) is 28.4 Å². The molecule has 0 atom stereocenters. The van der Waals surface area contributed by atoms with Crippen molar-refractivity contribution in [3.05, 3.63) is 47.9 Å². The van der Waals surface area contributed by atoms with E-state index in [1.54, 1.807) is 18.2 Å². The maximum Gasteiger partial charge on any atom is 0.406 e. The fourth-order valence-electron chi connectivity index (χ4n) is 4.69. The minimum Gasteiger partial charge on any atom is -0.490 e. The third-order valence-electron chi connectivity index (χ3n) is 6.16. The van der Waals surface area contributed by atoms with E-state index < -0.39 is 12.7 Å². The van der Waals surface area contributed by atoms with Crippen LogP contribution in [-0.4, -0.2) is 44.6 Å². The van der Waals surface area contributed by atoms with Crippen LogP contribution in [0.25, 0.3) is 10.9 Å². The Balaban J connectivity index is 1.22. The molecule has 0 saturated carbocycles. The SMILES string of the molecule is FC(F)(F)Cn1ccc2c(OC3CCN(Cc4cnn5c4CCC5)CC3)cccc21. The summed E-state index contributed by atoms with van der Waals surface area (Å²) in [5, 5.41) is 5.21. The summed E-state index contributed by atoms with van der Waals surface area (Å²) < 4.78 is 48.0. The fourth-order valence-corrected chi connectivity index (χ4v) is 4.69. The van der Waals surface area contributed by atoms with Gasteiger partial charge in [0.1, 0.15) is 18.4 Å². The molecule has 5 rings (SSSR count). The van der Waals surface area contributed by atoms with Crippen molar-refractivity contribution >= 4 is 10.9 Å². The number of alkyl halides is 3. The number of ether oxygens (including phenoxy) is 1. The van der Waals surface area contributed by atoms with E-state index in [-0.39, 0.29) is 6.10 Å². The van der Waals surface area contributed by atoms with Crippen LogP contribution in [0.1, 0.15) is 30.5 Å². The van der Waals surface area contributed by atoms with Gasteiger partial charge in [-0.2, -0.15) is 18.3 Å². The lowest BCUT2D eigenvalue weighted by Crippen LogP contribution is -2.37. The number of likely N-dealkylation sites (tertiary alicyclic amines) is 1. The molecular weight excluding hydrogens is 393 g/mol. The Hall–Kier alpha value is -2.48. The lowest BCUT2D eigenvalue weighted by molar-refractivity contribution is -0.139. The molecule has 2 aliphatic heterocycles. The van der Waals surface area contributed by atoms with Crippen molar-refractivity contribution in [2.45, 2.75) is 57.6 Å². The standard InChI is InChI=1S/C22H25F3N4O/c23-22(24,25)15-28-12-8-18-20(28)3-1-5-21(18)30-17-6-10-27(11-7-17)14-16-13-26-29-9-2-4-19(16)29/h1,3,5,8,12-13,17H,2,4,6-7,9-11,14-15H2. The van der Waals surface area contributed by atoms with E-state index in [9.17, 15) is 13.2 Å². The number of benzene rings is 1. The topological polar surface area (TPSA) is 35.2 Å². The average molecular weight is 418 g/mol. The molecule has 0 N–H and O–H groups in total. The zero-order valence-electron chi connectivity index (χ0n) is 16.7. The summed E-state index contributed by atoms with van der Waals surface area (Å²) in [4.78, 5) is 2.44. The van der Waals surface area contributed by atoms with Crippen LogP contribution >= 0.6 is 0 Å². The van der Waals surface area contributed by atoms with Gasteiger partial charge >= 0.3 is 6.18 Å². The first-order valence-electron chi connectivity index (χ1n) is 10.5. The molecule has 1 aromatic carbocycles. The number of aryl methyl sites for hydroxylation is 1. The minimum atomic E-state index is -4.24. The average Bonchev–Trinajstić information content (AvgIpc) is 3.41. The summed E-state index contributed by atoms with van der Waals surface area (Å²) in [5.74, 6) is 0.668. The van der Waals surface area contributed by atoms with Crippen molar-refractivity contribution in [1.82, 2.24) is 19.2 Å². The number of rotatable bonds is 5. The van der Waals surface area contributed by atoms with Crippen molar-refractivity contribution in [2.24, 2.45) is 0 Å². The number of hydrogen-bond acceptors (Lipinski definition) is 3. The van der Waals surface area contributed by atoms with Crippen LogP contribution in [0.15, 0.2) is 36.7 Å². The summed E-state index contributed by atoms with van der Waals surface area (Å²) in [6.45, 7) is 2.86. The lowest BCUT2D eigenvalue weighted by Gasteiger charge is -2.32. The van der Waals surface area contributed by atoms with E-state index in [4.69, 9.17) is 4.74 Å². The second-order valence-corrected chi connectivity index (χ2v) is 8.28. The number of aromatic nitrogens is 3. The number of fused-ring (bicyclic) bond motifs is 2. The Morgan fingerprint density at radius 3 is 2.73 bits per heavy atom. The molecule has 30 heavy (non-hydrogen) atoms. The van der Waals surface area contributed by atoms with Gasteiger partial charge in [-0.25, -0.2) is 0 Å². The molecule has 3 aromatic rings. The molecule has 0 spiro atoms. The van der Waals surface area contributed by atoms with Gasteiger partial charge in [0.05, 0.1) is 11.7 Å². The van der Waals surface area contributed by atoms with Crippen LogP contribution in [0.2, 0.25) is 0 Å². The fraction of sp³-hybridized carbons (Fsp3) is 0.500. The molecular formula is C22H25F3N4O. The molecule has 1 fully saturated rings. The predicted octanol–water partition coefficient (Wildman–Crippen LogP) is 4.39. The summed E-state index contributed by atoms with van der Waals surface area (Å²) in [6.07, 6.45) is 3.43. The Kier molecular flexibility index (Phi) is 4.97. The molecule has 0 unspecified atom stereocenters. The molecule has 2 aliphatic rings. The number of halogens is 3. The van der Waals surface area contributed by atoms with Gasteiger partial charge in [0.15, 0.2) is 0 Å². The van der Waals surface area contributed by atoms with Crippen LogP contribution in [0.5, 0.6) is 5.75 Å². The molecule has 160 valence electrons. The van der Waals surface area contributed by atoms with Crippen LogP contribution in [0.4, 0.5) is 13.2 Å². The highest BCUT2D eigenvalue weighted by atomic mass is 19.4. The Morgan fingerprint density at radius 2 is 1.93 bits per heavy atom. The normalized spacial score (nSPS) is 18.2. The summed E-state index contributed by atoms with van der Waals surface area (Å²) in [7, 11) is 0. The van der Waals surface area contributed by atoms with Gasteiger partial charge in [0.2, 0.25) is 0 Å². The van der Waals surface area contributed by atoms with Gasteiger partial charge in [-0.15, -0.1) is 0 Å². The smallest absolute Gasteiger partial charge is 0.406 e. The molecule has 0 radical (unpaired) electrons.